The molecule has 0 fully saturated rings. The van der Waals surface area contributed by atoms with Crippen molar-refractivity contribution in [3.8, 4) is 33.4 Å². The molecule has 10 aromatic carbocycles. The zero-order valence-corrected chi connectivity index (χ0v) is 37.0. The fourth-order valence-electron chi connectivity index (χ4n) is 11.7. The maximum Gasteiger partial charge on any atom is 0.0734 e. The van der Waals surface area contributed by atoms with Gasteiger partial charge in [0, 0.05) is 21.3 Å². The van der Waals surface area contributed by atoms with E-state index >= 15 is 0 Å². The summed E-state index contributed by atoms with van der Waals surface area (Å²) in [5.74, 6) is 0. The molecule has 2 heteroatoms. The number of thiophene rings is 1. The van der Waals surface area contributed by atoms with Gasteiger partial charge in [0.05, 0.1) is 22.2 Å². The van der Waals surface area contributed by atoms with Gasteiger partial charge in [-0.3, -0.25) is 0 Å². The molecule has 0 spiro atoms. The van der Waals surface area contributed by atoms with Crippen LogP contribution < -0.4 is 4.90 Å². The zero-order chi connectivity index (χ0) is 43.7. The van der Waals surface area contributed by atoms with E-state index in [-0.39, 0.29) is 0 Å². The quantitative estimate of drug-likeness (QED) is 0.147. The van der Waals surface area contributed by atoms with Crippen LogP contribution in [0.2, 0.25) is 0 Å². The Balaban J connectivity index is 1.16. The van der Waals surface area contributed by atoms with Gasteiger partial charge in [-0.25, -0.2) is 0 Å². The van der Waals surface area contributed by atoms with Crippen molar-refractivity contribution >= 4 is 38.5 Å². The lowest BCUT2D eigenvalue weighted by Crippen LogP contribution is -2.31. The van der Waals surface area contributed by atoms with E-state index in [2.05, 4.69) is 265 Å². The first-order valence-electron chi connectivity index (χ1n) is 22.8. The Bertz CT molecular complexity index is 3500. The Morgan fingerprint density at radius 1 is 0.318 bits per heavy atom. The largest absolute Gasteiger partial charge is 0.309 e. The summed E-state index contributed by atoms with van der Waals surface area (Å²) in [4.78, 5) is 2.60. The second-order valence-corrected chi connectivity index (χ2v) is 18.4. The maximum absolute atomic E-state index is 2.60. The van der Waals surface area contributed by atoms with E-state index < -0.39 is 10.8 Å². The number of hydrogen-bond acceptors (Lipinski definition) is 2. The Morgan fingerprint density at radius 3 is 1.39 bits per heavy atom. The van der Waals surface area contributed by atoms with Crippen LogP contribution in [0.4, 0.5) is 17.1 Å². The van der Waals surface area contributed by atoms with Crippen LogP contribution in [0.1, 0.15) is 44.5 Å². The highest BCUT2D eigenvalue weighted by Gasteiger charge is 2.50. The molecule has 0 unspecified atom stereocenters. The highest BCUT2D eigenvalue weighted by Crippen LogP contribution is 2.62. The smallest absolute Gasteiger partial charge is 0.0734 e. The predicted molar refractivity (Wildman–Crippen MR) is 277 cm³/mol. The summed E-state index contributed by atoms with van der Waals surface area (Å²) in [6.07, 6.45) is 0. The fraction of sp³-hybridized carbons (Fsp3) is 0.0312. The summed E-state index contributed by atoms with van der Waals surface area (Å²) in [7, 11) is 0. The normalized spacial score (nSPS) is 13.7. The lowest BCUT2D eigenvalue weighted by Gasteiger charge is -2.38. The minimum Gasteiger partial charge on any atom is -0.309 e. The van der Waals surface area contributed by atoms with Gasteiger partial charge in [-0.2, -0.15) is 0 Å². The van der Waals surface area contributed by atoms with Crippen LogP contribution in [-0.2, 0) is 10.8 Å². The fourth-order valence-corrected chi connectivity index (χ4v) is 12.7. The lowest BCUT2D eigenvalue weighted by molar-refractivity contribution is 0.765. The molecule has 310 valence electrons. The van der Waals surface area contributed by atoms with Crippen LogP contribution in [0.3, 0.4) is 0 Å². The van der Waals surface area contributed by atoms with E-state index in [4.69, 9.17) is 0 Å². The molecule has 0 saturated heterocycles. The highest BCUT2D eigenvalue weighted by molar-refractivity contribution is 7.17. The summed E-state index contributed by atoms with van der Waals surface area (Å²) in [5, 5.41) is 3.48. The molecule has 0 radical (unpaired) electrons. The molecular weight excluding hydrogens is 815 g/mol. The van der Waals surface area contributed by atoms with Gasteiger partial charge in [-0.1, -0.05) is 224 Å². The molecular formula is C64H43NS. The second kappa shape index (κ2) is 15.3. The van der Waals surface area contributed by atoms with Crippen molar-refractivity contribution in [3.63, 3.8) is 0 Å². The van der Waals surface area contributed by atoms with Gasteiger partial charge in [-0.05, 0) is 108 Å². The summed E-state index contributed by atoms with van der Waals surface area (Å²) < 4.78 is 1.27. The monoisotopic (exact) mass is 857 g/mol. The predicted octanol–water partition coefficient (Wildman–Crippen LogP) is 16.8. The Kier molecular flexibility index (Phi) is 8.91. The second-order valence-electron chi connectivity index (χ2n) is 17.5. The lowest BCUT2D eigenvalue weighted by atomic mass is 9.67. The van der Waals surface area contributed by atoms with Crippen LogP contribution in [0.25, 0.3) is 43.5 Å². The molecule has 1 heterocycles. The Morgan fingerprint density at radius 2 is 0.788 bits per heavy atom. The maximum atomic E-state index is 2.60. The standard InChI is InChI=1S/C64H43NS/c1-6-21-44(22-7-1)50-39-40-59(55-41-42-66-62(50)55)65(49-37-38-53-51-31-16-18-34-56(51)63(58(53)43-49,45-23-8-2-9-24-45)46-25-10-3-11-26-46)60-36-20-33-54-52-32-17-19-35-57(52)64(61(54)60,47-27-12-4-13-28-47)48-29-14-5-15-30-48/h1-43H. The minimum atomic E-state index is -0.619. The molecule has 11 aromatic rings. The molecule has 0 aliphatic heterocycles. The third-order valence-electron chi connectivity index (χ3n) is 14.3. The number of fused-ring (bicyclic) bond motifs is 7. The molecule has 0 atom stereocenters. The highest BCUT2D eigenvalue weighted by atomic mass is 32.1. The van der Waals surface area contributed by atoms with Gasteiger partial charge < -0.3 is 4.90 Å². The van der Waals surface area contributed by atoms with Crippen molar-refractivity contribution in [3.05, 3.63) is 305 Å². The van der Waals surface area contributed by atoms with E-state index in [0.29, 0.717) is 0 Å². The van der Waals surface area contributed by atoms with Gasteiger partial charge in [0.2, 0.25) is 0 Å². The van der Waals surface area contributed by atoms with E-state index in [1.807, 2.05) is 11.3 Å². The van der Waals surface area contributed by atoms with Crippen LogP contribution >= 0.6 is 11.3 Å². The zero-order valence-electron chi connectivity index (χ0n) is 36.2. The van der Waals surface area contributed by atoms with Crippen molar-refractivity contribution in [2.24, 2.45) is 0 Å². The van der Waals surface area contributed by atoms with Crippen molar-refractivity contribution < 1.29 is 0 Å². The molecule has 0 N–H and O–H groups in total. The van der Waals surface area contributed by atoms with Crippen molar-refractivity contribution in [2.75, 3.05) is 4.90 Å². The minimum absolute atomic E-state index is 0.558. The number of hydrogen-bond donors (Lipinski definition) is 0. The molecule has 13 rings (SSSR count). The van der Waals surface area contributed by atoms with Gasteiger partial charge in [-0.15, -0.1) is 11.3 Å². The first kappa shape index (κ1) is 38.4. The molecule has 2 aliphatic rings. The Labute approximate surface area is 390 Å². The van der Waals surface area contributed by atoms with E-state index in [1.54, 1.807) is 0 Å². The van der Waals surface area contributed by atoms with Crippen molar-refractivity contribution in [1.29, 1.82) is 0 Å². The SMILES string of the molecule is c1ccc(-c2ccc(N(c3ccc4c(c3)C(c3ccccc3)(c3ccccc3)c3ccccc3-4)c3cccc4c3C(c3ccccc3)(c3ccccc3)c3ccccc3-4)c3ccsc23)cc1. The molecule has 0 bridgehead atoms. The summed E-state index contributed by atoms with van der Waals surface area (Å²) in [6, 6.07) is 95.0. The van der Waals surface area contributed by atoms with Gasteiger partial charge in [0.1, 0.15) is 0 Å². The van der Waals surface area contributed by atoms with Crippen molar-refractivity contribution in [1.82, 2.24) is 0 Å². The number of nitrogens with zero attached hydrogens (tertiary/aromatic N) is 1. The average molecular weight is 858 g/mol. The summed E-state index contributed by atoms with van der Waals surface area (Å²) in [6.45, 7) is 0. The molecule has 0 amide bonds. The molecule has 1 aromatic heterocycles. The molecule has 66 heavy (non-hydrogen) atoms. The van der Waals surface area contributed by atoms with E-state index in [0.717, 1.165) is 17.1 Å². The first-order valence-corrected chi connectivity index (χ1v) is 23.7. The van der Waals surface area contributed by atoms with Crippen LogP contribution in [0.5, 0.6) is 0 Å². The first-order chi connectivity index (χ1) is 32.8. The van der Waals surface area contributed by atoms with Crippen LogP contribution in [0.15, 0.2) is 260 Å². The van der Waals surface area contributed by atoms with E-state index in [9.17, 15) is 0 Å². The summed E-state index contributed by atoms with van der Waals surface area (Å²) >= 11 is 1.82. The molecule has 0 saturated carbocycles. The van der Waals surface area contributed by atoms with Crippen LogP contribution in [0, 0.1) is 0 Å². The van der Waals surface area contributed by atoms with Gasteiger partial charge in [0.15, 0.2) is 0 Å². The number of benzene rings is 10. The third-order valence-corrected chi connectivity index (χ3v) is 15.3. The number of rotatable bonds is 8. The van der Waals surface area contributed by atoms with Crippen molar-refractivity contribution in [2.45, 2.75) is 10.8 Å². The topological polar surface area (TPSA) is 3.24 Å². The van der Waals surface area contributed by atoms with E-state index in [1.165, 1.54) is 88.0 Å². The van der Waals surface area contributed by atoms with Crippen LogP contribution in [-0.4, -0.2) is 0 Å². The average Bonchev–Trinajstić information content (AvgIpc) is 4.10. The molecule has 1 nitrogen and oxygen atoms in total. The summed E-state index contributed by atoms with van der Waals surface area (Å²) in [5.41, 5.74) is 19.9. The third kappa shape index (κ3) is 5.46. The van der Waals surface area contributed by atoms with Gasteiger partial charge >= 0.3 is 0 Å². The van der Waals surface area contributed by atoms with Gasteiger partial charge in [0.25, 0.3) is 0 Å². The molecule has 2 aliphatic carbocycles. The Hall–Kier alpha value is -8.04. The number of anilines is 3.